The fourth-order valence-corrected chi connectivity index (χ4v) is 1.95. The van der Waals surface area contributed by atoms with Crippen LogP contribution < -0.4 is 0 Å². The standard InChI is InChI=1S/C11H7NO5S/c13-9(14)5-8(10(15)16)18-11-12-6-3-1-2-4-7(6)17-11/h1-5H,(H,13,14)(H,15,16). The minimum absolute atomic E-state index is 0.0890. The Morgan fingerprint density at radius 2 is 2.00 bits per heavy atom. The number of hydrogen-bond acceptors (Lipinski definition) is 5. The molecule has 1 aromatic carbocycles. The van der Waals surface area contributed by atoms with E-state index in [0.717, 1.165) is 0 Å². The van der Waals surface area contributed by atoms with Crippen molar-refractivity contribution in [3.05, 3.63) is 35.2 Å². The molecule has 0 saturated heterocycles. The van der Waals surface area contributed by atoms with E-state index in [4.69, 9.17) is 14.6 Å². The van der Waals surface area contributed by atoms with Crippen LogP contribution in [0, 0.1) is 0 Å². The molecule has 1 heterocycles. The second-order valence-electron chi connectivity index (χ2n) is 3.20. The first-order valence-corrected chi connectivity index (χ1v) is 5.59. The normalized spacial score (nSPS) is 11.7. The number of benzene rings is 1. The van der Waals surface area contributed by atoms with E-state index in [2.05, 4.69) is 4.98 Å². The number of nitrogens with zero attached hydrogens (tertiary/aromatic N) is 1. The molecule has 1 aromatic heterocycles. The van der Waals surface area contributed by atoms with Gasteiger partial charge in [-0.3, -0.25) is 0 Å². The van der Waals surface area contributed by atoms with Crippen LogP contribution >= 0.6 is 11.8 Å². The van der Waals surface area contributed by atoms with Crippen LogP contribution in [0.5, 0.6) is 0 Å². The molecule has 0 atom stereocenters. The molecule has 0 bridgehead atoms. The van der Waals surface area contributed by atoms with E-state index >= 15 is 0 Å². The maximum Gasteiger partial charge on any atom is 0.342 e. The SMILES string of the molecule is O=C(O)C=C(Sc1nc2ccccc2o1)C(=O)O. The number of para-hydroxylation sites is 2. The van der Waals surface area contributed by atoms with Crippen LogP contribution in [-0.4, -0.2) is 27.1 Å². The molecule has 7 heteroatoms. The average Bonchev–Trinajstić information content (AvgIpc) is 2.69. The van der Waals surface area contributed by atoms with Gasteiger partial charge in [0.25, 0.3) is 5.22 Å². The molecule has 0 unspecified atom stereocenters. The van der Waals surface area contributed by atoms with Crippen LogP contribution in [0.25, 0.3) is 11.1 Å². The molecule has 0 aliphatic heterocycles. The van der Waals surface area contributed by atoms with E-state index in [1.807, 2.05) is 0 Å². The zero-order valence-electron chi connectivity index (χ0n) is 8.86. The fraction of sp³-hybridized carbons (Fsp3) is 0. The molecular weight excluding hydrogens is 258 g/mol. The van der Waals surface area contributed by atoms with Gasteiger partial charge in [-0.1, -0.05) is 12.1 Å². The van der Waals surface area contributed by atoms with Gasteiger partial charge in [0.2, 0.25) is 0 Å². The molecule has 0 fully saturated rings. The zero-order valence-corrected chi connectivity index (χ0v) is 9.68. The maximum atomic E-state index is 10.8. The predicted octanol–water partition coefficient (Wildman–Crippen LogP) is 1.97. The number of carboxylic acids is 2. The Hall–Kier alpha value is -2.28. The summed E-state index contributed by atoms with van der Waals surface area (Å²) in [5.41, 5.74) is 1.10. The lowest BCUT2D eigenvalue weighted by Crippen LogP contribution is -2.00. The first-order chi connectivity index (χ1) is 8.56. The number of carbonyl (C=O) groups is 2. The number of thioether (sulfide) groups is 1. The Morgan fingerprint density at radius 3 is 2.61 bits per heavy atom. The van der Waals surface area contributed by atoms with Gasteiger partial charge in [0.15, 0.2) is 5.58 Å². The van der Waals surface area contributed by atoms with Crippen molar-refractivity contribution >= 4 is 34.8 Å². The van der Waals surface area contributed by atoms with Gasteiger partial charge in [0.1, 0.15) is 10.4 Å². The summed E-state index contributed by atoms with van der Waals surface area (Å²) in [6.07, 6.45) is 0.599. The van der Waals surface area contributed by atoms with Crippen molar-refractivity contribution in [2.45, 2.75) is 5.22 Å². The molecule has 2 aromatic rings. The number of oxazole rings is 1. The van der Waals surface area contributed by atoms with Gasteiger partial charge >= 0.3 is 11.9 Å². The molecule has 18 heavy (non-hydrogen) atoms. The third-order valence-corrected chi connectivity index (χ3v) is 2.80. The van der Waals surface area contributed by atoms with Crippen molar-refractivity contribution in [1.29, 1.82) is 0 Å². The van der Waals surface area contributed by atoms with Gasteiger partial charge in [-0.05, 0) is 23.9 Å². The lowest BCUT2D eigenvalue weighted by Gasteiger charge is -1.95. The molecular formula is C11H7NO5S. The van der Waals surface area contributed by atoms with Gasteiger partial charge in [-0.15, -0.1) is 0 Å². The minimum Gasteiger partial charge on any atom is -0.478 e. The summed E-state index contributed by atoms with van der Waals surface area (Å²) in [5.74, 6) is -2.68. The van der Waals surface area contributed by atoms with Crippen molar-refractivity contribution in [2.24, 2.45) is 0 Å². The third-order valence-electron chi connectivity index (χ3n) is 1.94. The number of carboxylic acid groups (broad SMARTS) is 2. The molecule has 2 rings (SSSR count). The Balaban J connectivity index is 2.31. The van der Waals surface area contributed by atoms with Crippen LogP contribution in [0.3, 0.4) is 0 Å². The van der Waals surface area contributed by atoms with Crippen LogP contribution in [0.1, 0.15) is 0 Å². The minimum atomic E-state index is -1.34. The lowest BCUT2D eigenvalue weighted by molar-refractivity contribution is -0.134. The smallest absolute Gasteiger partial charge is 0.342 e. The Morgan fingerprint density at radius 1 is 1.28 bits per heavy atom. The molecule has 0 radical (unpaired) electrons. The quantitative estimate of drug-likeness (QED) is 0.643. The molecule has 0 aliphatic carbocycles. The number of aliphatic carboxylic acids is 2. The summed E-state index contributed by atoms with van der Waals surface area (Å²) in [5, 5.41) is 17.5. The molecule has 0 amide bonds. The fourth-order valence-electron chi connectivity index (χ4n) is 1.24. The summed E-state index contributed by atoms with van der Waals surface area (Å²) in [4.78, 5) is 25.0. The van der Waals surface area contributed by atoms with Crippen molar-refractivity contribution in [3.8, 4) is 0 Å². The van der Waals surface area contributed by atoms with E-state index in [-0.39, 0.29) is 10.1 Å². The van der Waals surface area contributed by atoms with Crippen molar-refractivity contribution in [1.82, 2.24) is 4.98 Å². The van der Waals surface area contributed by atoms with E-state index < -0.39 is 11.9 Å². The first kappa shape index (κ1) is 12.2. The van der Waals surface area contributed by atoms with Crippen molar-refractivity contribution in [2.75, 3.05) is 0 Å². The van der Waals surface area contributed by atoms with Crippen LogP contribution in [0.4, 0.5) is 0 Å². The van der Waals surface area contributed by atoms with Gasteiger partial charge in [-0.25, -0.2) is 14.6 Å². The molecule has 0 saturated carbocycles. The summed E-state index contributed by atoms with van der Waals surface area (Å²) in [6, 6.07) is 6.93. The second-order valence-corrected chi connectivity index (χ2v) is 4.19. The van der Waals surface area contributed by atoms with Gasteiger partial charge in [0.05, 0.1) is 0 Å². The van der Waals surface area contributed by atoms with Gasteiger partial charge in [-0.2, -0.15) is 0 Å². The van der Waals surface area contributed by atoms with E-state index in [0.29, 0.717) is 28.9 Å². The summed E-state index contributed by atoms with van der Waals surface area (Å²) >= 11 is 0.654. The molecule has 0 aliphatic rings. The van der Waals surface area contributed by atoms with E-state index in [1.165, 1.54) is 0 Å². The number of rotatable bonds is 4. The highest BCUT2D eigenvalue weighted by atomic mass is 32.2. The molecule has 2 N–H and O–H groups in total. The van der Waals surface area contributed by atoms with E-state index in [1.54, 1.807) is 24.3 Å². The number of fused-ring (bicyclic) bond motifs is 1. The topological polar surface area (TPSA) is 101 Å². The third kappa shape index (κ3) is 2.69. The zero-order chi connectivity index (χ0) is 13.1. The van der Waals surface area contributed by atoms with Crippen molar-refractivity contribution < 1.29 is 24.2 Å². The Labute approximate surface area is 105 Å². The van der Waals surface area contributed by atoms with Crippen molar-refractivity contribution in [3.63, 3.8) is 0 Å². The lowest BCUT2D eigenvalue weighted by atomic mass is 10.3. The number of hydrogen-bond donors (Lipinski definition) is 2. The average molecular weight is 265 g/mol. The largest absolute Gasteiger partial charge is 0.478 e. The highest BCUT2D eigenvalue weighted by Crippen LogP contribution is 2.29. The Bertz CT molecular complexity index is 613. The monoisotopic (exact) mass is 265 g/mol. The summed E-state index contributed by atoms with van der Waals surface area (Å²) in [6.45, 7) is 0. The van der Waals surface area contributed by atoms with Gasteiger partial charge in [0, 0.05) is 6.08 Å². The summed E-state index contributed by atoms with van der Waals surface area (Å²) in [7, 11) is 0. The van der Waals surface area contributed by atoms with Gasteiger partial charge < -0.3 is 14.6 Å². The Kier molecular flexibility index (Phi) is 3.33. The second kappa shape index (κ2) is 4.92. The van der Waals surface area contributed by atoms with Crippen LogP contribution in [0.2, 0.25) is 0 Å². The maximum absolute atomic E-state index is 10.8. The van der Waals surface area contributed by atoms with Crippen LogP contribution in [0.15, 0.2) is 44.9 Å². The molecule has 0 spiro atoms. The number of aromatic nitrogens is 1. The highest BCUT2D eigenvalue weighted by Gasteiger charge is 2.15. The molecule has 92 valence electrons. The van der Waals surface area contributed by atoms with E-state index in [9.17, 15) is 9.59 Å². The summed E-state index contributed by atoms with van der Waals surface area (Å²) < 4.78 is 5.29. The first-order valence-electron chi connectivity index (χ1n) is 4.77. The molecule has 6 nitrogen and oxygen atoms in total. The highest BCUT2D eigenvalue weighted by molar-refractivity contribution is 8.03. The predicted molar refractivity (Wildman–Crippen MR) is 63.2 cm³/mol. The van der Waals surface area contributed by atoms with Crippen LogP contribution in [-0.2, 0) is 9.59 Å².